The van der Waals surface area contributed by atoms with Gasteiger partial charge in [-0.3, -0.25) is 19.2 Å². The number of amides is 1. The number of methoxy groups -OCH3 is 1. The summed E-state index contributed by atoms with van der Waals surface area (Å²) in [6, 6.07) is 5.85. The second kappa shape index (κ2) is 20.4. The fraction of sp³-hybridized carbons (Fsp3) is 0.667. The molecule has 1 aliphatic carbocycles. The molecule has 0 unspecified atom stereocenters. The summed E-state index contributed by atoms with van der Waals surface area (Å²) in [7, 11) is 1.42. The maximum Gasteiger partial charge on any atom is 0.315 e. The first-order valence-electron chi connectivity index (χ1n) is 14.1. The average molecular weight is 566 g/mol. The number of carbonyl (C=O) groups excluding carboxylic acids is 2. The van der Waals surface area contributed by atoms with Gasteiger partial charge in [-0.15, -0.1) is 0 Å². The van der Waals surface area contributed by atoms with Gasteiger partial charge in [0.15, 0.2) is 0 Å². The lowest BCUT2D eigenvalue weighted by Crippen LogP contribution is -2.36. The molecule has 0 bridgehead atoms. The summed E-state index contributed by atoms with van der Waals surface area (Å²) in [5, 5.41) is 20.6. The average Bonchev–Trinajstić information content (AvgIpc) is 2.88. The molecule has 2 rings (SSSR count). The number of carboxylic acid groups (broad SMARTS) is 2. The van der Waals surface area contributed by atoms with Crippen molar-refractivity contribution in [3.05, 3.63) is 29.3 Å². The fourth-order valence-corrected chi connectivity index (χ4v) is 5.61. The van der Waals surface area contributed by atoms with Gasteiger partial charge in [-0.2, -0.15) is 11.8 Å². The molecule has 39 heavy (non-hydrogen) atoms. The number of ether oxygens (including phenoxy) is 1. The van der Waals surface area contributed by atoms with Crippen molar-refractivity contribution >= 4 is 41.3 Å². The number of carboxylic acids is 2. The quantitative estimate of drug-likeness (QED) is 0.151. The van der Waals surface area contributed by atoms with E-state index in [0.717, 1.165) is 61.1 Å². The van der Waals surface area contributed by atoms with Gasteiger partial charge in [0.1, 0.15) is 0 Å². The van der Waals surface area contributed by atoms with Crippen LogP contribution >= 0.6 is 11.8 Å². The first-order chi connectivity index (χ1) is 18.6. The molecule has 0 heterocycles. The zero-order chi connectivity index (χ0) is 29.0. The van der Waals surface area contributed by atoms with Crippen LogP contribution in [-0.4, -0.2) is 52.6 Å². The summed E-state index contributed by atoms with van der Waals surface area (Å²) in [4.78, 5) is 44.7. The van der Waals surface area contributed by atoms with Crippen molar-refractivity contribution in [2.75, 3.05) is 23.9 Å². The predicted octanol–water partition coefficient (Wildman–Crippen LogP) is 6.62. The van der Waals surface area contributed by atoms with Crippen molar-refractivity contribution in [3.8, 4) is 0 Å². The third-order valence-corrected chi connectivity index (χ3v) is 7.80. The van der Waals surface area contributed by atoms with Crippen molar-refractivity contribution in [2.24, 2.45) is 11.8 Å². The van der Waals surface area contributed by atoms with E-state index in [1.54, 1.807) is 11.8 Å². The van der Waals surface area contributed by atoms with Crippen LogP contribution in [0.2, 0.25) is 0 Å². The molecule has 0 aliphatic heterocycles. The van der Waals surface area contributed by atoms with Crippen molar-refractivity contribution in [1.29, 1.82) is 0 Å². The first kappa shape index (κ1) is 34.5. The predicted molar refractivity (Wildman–Crippen MR) is 156 cm³/mol. The fourth-order valence-electron chi connectivity index (χ4n) is 4.78. The Morgan fingerprint density at radius 1 is 0.846 bits per heavy atom. The molecule has 2 atom stereocenters. The van der Waals surface area contributed by atoms with Crippen LogP contribution < -0.4 is 5.32 Å². The van der Waals surface area contributed by atoms with Gasteiger partial charge >= 0.3 is 17.9 Å². The van der Waals surface area contributed by atoms with E-state index >= 15 is 0 Å². The lowest BCUT2D eigenvalue weighted by molar-refractivity contribution is -0.147. The molecule has 0 radical (unpaired) electrons. The summed E-state index contributed by atoms with van der Waals surface area (Å²) in [5.41, 5.74) is 2.92. The topological polar surface area (TPSA) is 130 Å². The molecular formula is C30H47NO7S. The number of thioether (sulfide) groups is 1. The molecule has 0 aromatic heterocycles. The van der Waals surface area contributed by atoms with Crippen molar-refractivity contribution in [1.82, 2.24) is 0 Å². The van der Waals surface area contributed by atoms with Crippen LogP contribution in [0, 0.1) is 25.7 Å². The number of esters is 1. The van der Waals surface area contributed by atoms with Crippen LogP contribution in [0.15, 0.2) is 18.2 Å². The second-order valence-corrected chi connectivity index (χ2v) is 11.4. The molecule has 1 fully saturated rings. The van der Waals surface area contributed by atoms with Crippen LogP contribution in [0.4, 0.5) is 5.69 Å². The van der Waals surface area contributed by atoms with Gasteiger partial charge in [0.05, 0.1) is 24.7 Å². The molecule has 1 aromatic carbocycles. The van der Waals surface area contributed by atoms with E-state index in [2.05, 4.69) is 10.1 Å². The molecule has 1 aliphatic rings. The molecule has 1 aromatic rings. The molecule has 1 saturated carbocycles. The highest BCUT2D eigenvalue weighted by Gasteiger charge is 2.35. The Hall–Kier alpha value is -2.55. The highest BCUT2D eigenvalue weighted by molar-refractivity contribution is 7.99. The number of anilines is 1. The van der Waals surface area contributed by atoms with Crippen LogP contribution in [0.1, 0.15) is 94.6 Å². The summed E-state index contributed by atoms with van der Waals surface area (Å²) in [5.74, 6) is -1.34. The van der Waals surface area contributed by atoms with Crippen molar-refractivity contribution in [2.45, 2.75) is 97.3 Å². The van der Waals surface area contributed by atoms with Crippen LogP contribution in [0.25, 0.3) is 0 Å². The minimum absolute atomic E-state index is 0.147. The van der Waals surface area contributed by atoms with E-state index in [1.807, 2.05) is 32.0 Å². The molecule has 9 heteroatoms. The molecule has 8 nitrogen and oxygen atoms in total. The Labute approximate surface area is 237 Å². The van der Waals surface area contributed by atoms with Crippen LogP contribution in [-0.2, 0) is 23.9 Å². The molecule has 0 saturated heterocycles. The SMILES string of the molecule is COC(=O)CSCCCCCCCCCCC(=O)O.Cc1cc(C)cc(NC(=O)[C@H]2CCCC[C@H]2C(=O)O)c1. The van der Waals surface area contributed by atoms with Gasteiger partial charge in [-0.1, -0.05) is 57.4 Å². The van der Waals surface area contributed by atoms with E-state index in [4.69, 9.17) is 5.11 Å². The van der Waals surface area contributed by atoms with E-state index in [-0.39, 0.29) is 11.9 Å². The number of nitrogens with one attached hydrogen (secondary N) is 1. The number of benzene rings is 1. The smallest absolute Gasteiger partial charge is 0.315 e. The summed E-state index contributed by atoms with van der Waals surface area (Å²) in [6.45, 7) is 3.95. The van der Waals surface area contributed by atoms with Crippen LogP contribution in [0.3, 0.4) is 0 Å². The minimum atomic E-state index is -0.856. The van der Waals surface area contributed by atoms with Crippen molar-refractivity contribution in [3.63, 3.8) is 0 Å². The highest BCUT2D eigenvalue weighted by Crippen LogP contribution is 2.31. The number of unbranched alkanes of at least 4 members (excludes halogenated alkanes) is 7. The third-order valence-electron chi connectivity index (χ3n) is 6.79. The zero-order valence-corrected chi connectivity index (χ0v) is 24.7. The Morgan fingerprint density at radius 3 is 1.92 bits per heavy atom. The number of hydrogen-bond acceptors (Lipinski definition) is 6. The van der Waals surface area contributed by atoms with Gasteiger partial charge in [0.2, 0.25) is 5.91 Å². The zero-order valence-electron chi connectivity index (χ0n) is 23.8. The summed E-state index contributed by atoms with van der Waals surface area (Å²) < 4.78 is 4.56. The Bertz CT molecular complexity index is 885. The van der Waals surface area contributed by atoms with Gasteiger partial charge in [0, 0.05) is 12.1 Å². The van der Waals surface area contributed by atoms with E-state index in [1.165, 1.54) is 32.8 Å². The lowest BCUT2D eigenvalue weighted by atomic mass is 9.78. The lowest BCUT2D eigenvalue weighted by Gasteiger charge is -2.27. The number of rotatable bonds is 16. The summed E-state index contributed by atoms with van der Waals surface area (Å²) >= 11 is 1.63. The number of carbonyl (C=O) groups is 4. The standard InChI is InChI=1S/C16H21NO3.C14H26O4S/c1-10-7-11(2)9-12(8-10)17-15(18)13-5-3-4-6-14(13)16(19)20;1-18-14(17)12-19-11-9-7-5-3-2-4-6-8-10-13(15)16/h7-9,13-14H,3-6H2,1-2H3,(H,17,18)(H,19,20);2-12H2,1H3,(H,15,16)/t13-,14+;/m0./s1. The van der Waals surface area contributed by atoms with Gasteiger partial charge in [0.25, 0.3) is 0 Å². The minimum Gasteiger partial charge on any atom is -0.481 e. The van der Waals surface area contributed by atoms with E-state index in [9.17, 15) is 24.3 Å². The molecule has 0 spiro atoms. The number of aliphatic carboxylic acids is 2. The first-order valence-corrected chi connectivity index (χ1v) is 15.3. The second-order valence-electron chi connectivity index (χ2n) is 10.3. The van der Waals surface area contributed by atoms with E-state index in [0.29, 0.717) is 25.0 Å². The normalized spacial score (nSPS) is 16.5. The molecule has 1 amide bonds. The largest absolute Gasteiger partial charge is 0.481 e. The molecular weight excluding hydrogens is 518 g/mol. The maximum atomic E-state index is 12.3. The van der Waals surface area contributed by atoms with Gasteiger partial charge in [-0.25, -0.2) is 0 Å². The monoisotopic (exact) mass is 565 g/mol. The van der Waals surface area contributed by atoms with Crippen LogP contribution in [0.5, 0.6) is 0 Å². The highest BCUT2D eigenvalue weighted by atomic mass is 32.2. The Morgan fingerprint density at radius 2 is 1.38 bits per heavy atom. The maximum absolute atomic E-state index is 12.3. The van der Waals surface area contributed by atoms with Gasteiger partial charge in [-0.05, 0) is 68.5 Å². The van der Waals surface area contributed by atoms with E-state index < -0.39 is 23.8 Å². The van der Waals surface area contributed by atoms with Crippen molar-refractivity contribution < 1.29 is 34.1 Å². The molecule has 220 valence electrons. The number of aryl methyl sites for hydroxylation is 2. The summed E-state index contributed by atoms with van der Waals surface area (Å²) in [6.07, 6.45) is 12.4. The molecule has 3 N–H and O–H groups in total. The third kappa shape index (κ3) is 16.2. The number of hydrogen-bond donors (Lipinski definition) is 3. The van der Waals surface area contributed by atoms with Gasteiger partial charge < -0.3 is 20.3 Å². The Balaban J connectivity index is 0.000000391. The Kier molecular flexibility index (Phi) is 18.0.